The molecule has 4 aromatic carbocycles. The first-order valence-corrected chi connectivity index (χ1v) is 8.93. The fourth-order valence-corrected chi connectivity index (χ4v) is 4.56. The minimum absolute atomic E-state index is 0.210. The maximum absolute atomic E-state index is 6.32. The van der Waals surface area contributed by atoms with Gasteiger partial charge in [0.2, 0.25) is 0 Å². The highest BCUT2D eigenvalue weighted by Crippen LogP contribution is 2.48. The summed E-state index contributed by atoms with van der Waals surface area (Å²) in [7, 11) is -0.210. The fraction of sp³-hybridized carbons (Fsp3) is 0.273. The van der Waals surface area contributed by atoms with E-state index < -0.39 is 11.2 Å². The molecule has 0 radical (unpaired) electrons. The van der Waals surface area contributed by atoms with Crippen LogP contribution >= 0.6 is 0 Å². The van der Waals surface area contributed by atoms with Gasteiger partial charge in [-0.1, -0.05) is 54.6 Å². The highest BCUT2D eigenvalue weighted by Gasteiger charge is 2.53. The molecule has 1 saturated heterocycles. The molecule has 1 aliphatic rings. The molecule has 0 aromatic heterocycles. The van der Waals surface area contributed by atoms with Crippen molar-refractivity contribution < 1.29 is 9.31 Å². The molecule has 1 aliphatic heterocycles. The second-order valence-electron chi connectivity index (χ2n) is 7.82. The molecule has 1 heterocycles. The van der Waals surface area contributed by atoms with Crippen molar-refractivity contribution in [1.29, 1.82) is 0 Å². The molecule has 4 aromatic rings. The van der Waals surface area contributed by atoms with E-state index in [1.54, 1.807) is 0 Å². The number of hydrogen-bond donors (Lipinski definition) is 0. The summed E-state index contributed by atoms with van der Waals surface area (Å²) in [6.45, 7) is 8.37. The van der Waals surface area contributed by atoms with E-state index in [1.807, 2.05) is 6.82 Å². The standard InChI is InChI=1S/C22H21BO2/c1-21(2)22(3,25-23(4)24-21)18-13-11-16-9-8-14-6-5-7-15-10-12-17(18)20(16)19(14)15/h5-13H,1-4H3. The van der Waals surface area contributed by atoms with Gasteiger partial charge in [0.25, 0.3) is 0 Å². The Morgan fingerprint density at radius 1 is 0.720 bits per heavy atom. The van der Waals surface area contributed by atoms with Crippen LogP contribution in [0.4, 0.5) is 0 Å². The third kappa shape index (κ3) is 1.88. The fourth-order valence-electron chi connectivity index (χ4n) is 4.56. The van der Waals surface area contributed by atoms with Gasteiger partial charge in [-0.3, -0.25) is 0 Å². The van der Waals surface area contributed by atoms with Crippen molar-refractivity contribution in [3.05, 3.63) is 60.2 Å². The summed E-state index contributed by atoms with van der Waals surface area (Å²) in [5.74, 6) is 0. The molecule has 0 saturated carbocycles. The van der Waals surface area contributed by atoms with E-state index in [0.717, 1.165) is 0 Å². The van der Waals surface area contributed by atoms with Crippen LogP contribution in [0.2, 0.25) is 6.82 Å². The molecule has 0 N–H and O–H groups in total. The Morgan fingerprint density at radius 2 is 1.32 bits per heavy atom. The van der Waals surface area contributed by atoms with Gasteiger partial charge >= 0.3 is 7.12 Å². The van der Waals surface area contributed by atoms with Crippen molar-refractivity contribution in [2.24, 2.45) is 0 Å². The van der Waals surface area contributed by atoms with Crippen molar-refractivity contribution >= 4 is 39.4 Å². The largest absolute Gasteiger partial charge is 0.454 e. The smallest absolute Gasteiger partial charge is 0.403 e. The SMILES string of the molecule is CB1OC(C)(C)C(C)(c2ccc3ccc4cccc5ccc2c3c45)O1. The lowest BCUT2D eigenvalue weighted by Gasteiger charge is -2.38. The van der Waals surface area contributed by atoms with E-state index in [1.165, 1.54) is 37.9 Å². The Labute approximate surface area is 148 Å². The van der Waals surface area contributed by atoms with Gasteiger partial charge in [0.15, 0.2) is 0 Å². The highest BCUT2D eigenvalue weighted by atomic mass is 16.7. The Morgan fingerprint density at radius 3 is 1.96 bits per heavy atom. The lowest BCUT2D eigenvalue weighted by atomic mass is 9.78. The first-order valence-electron chi connectivity index (χ1n) is 8.93. The lowest BCUT2D eigenvalue weighted by molar-refractivity contribution is -0.0122. The zero-order valence-corrected chi connectivity index (χ0v) is 15.1. The number of hydrogen-bond acceptors (Lipinski definition) is 2. The molecule has 124 valence electrons. The van der Waals surface area contributed by atoms with Crippen molar-refractivity contribution in [3.63, 3.8) is 0 Å². The van der Waals surface area contributed by atoms with Gasteiger partial charge in [-0.25, -0.2) is 0 Å². The Balaban J connectivity index is 1.92. The van der Waals surface area contributed by atoms with Gasteiger partial charge in [0.05, 0.1) is 5.60 Å². The molecule has 0 amide bonds. The second kappa shape index (κ2) is 4.75. The summed E-state index contributed by atoms with van der Waals surface area (Å²) < 4.78 is 12.4. The van der Waals surface area contributed by atoms with Gasteiger partial charge in [-0.05, 0) is 65.5 Å². The van der Waals surface area contributed by atoms with E-state index in [-0.39, 0.29) is 7.12 Å². The zero-order chi connectivity index (χ0) is 17.4. The predicted molar refractivity (Wildman–Crippen MR) is 105 cm³/mol. The summed E-state index contributed by atoms with van der Waals surface area (Å²) in [6.07, 6.45) is 0. The molecule has 25 heavy (non-hydrogen) atoms. The molecule has 1 unspecified atom stereocenters. The molecule has 5 rings (SSSR count). The molecule has 0 aliphatic carbocycles. The third-order valence-electron chi connectivity index (χ3n) is 6.05. The van der Waals surface area contributed by atoms with Crippen LogP contribution in [0.25, 0.3) is 32.3 Å². The second-order valence-corrected chi connectivity index (χ2v) is 7.82. The van der Waals surface area contributed by atoms with Crippen molar-refractivity contribution in [2.45, 2.75) is 38.8 Å². The quantitative estimate of drug-likeness (QED) is 0.327. The van der Waals surface area contributed by atoms with E-state index in [4.69, 9.17) is 9.31 Å². The molecule has 0 spiro atoms. The topological polar surface area (TPSA) is 18.5 Å². The van der Waals surface area contributed by atoms with E-state index in [9.17, 15) is 0 Å². The molecule has 3 heteroatoms. The van der Waals surface area contributed by atoms with Gasteiger partial charge in [0, 0.05) is 0 Å². The average Bonchev–Trinajstić information content (AvgIpc) is 2.80. The number of rotatable bonds is 1. The van der Waals surface area contributed by atoms with Crippen LogP contribution in [0.1, 0.15) is 26.3 Å². The maximum Gasteiger partial charge on any atom is 0.454 e. The predicted octanol–water partition coefficient (Wildman–Crippen LogP) is 5.74. The Bertz CT molecular complexity index is 1100. The lowest BCUT2D eigenvalue weighted by Crippen LogP contribution is -2.42. The molecule has 1 atom stereocenters. The minimum atomic E-state index is -0.491. The molecule has 0 bridgehead atoms. The molecule has 2 nitrogen and oxygen atoms in total. The third-order valence-corrected chi connectivity index (χ3v) is 6.05. The monoisotopic (exact) mass is 328 g/mol. The van der Waals surface area contributed by atoms with Crippen LogP contribution in [-0.2, 0) is 14.9 Å². The van der Waals surface area contributed by atoms with E-state index in [0.29, 0.717) is 0 Å². The average molecular weight is 328 g/mol. The summed E-state index contributed by atoms with van der Waals surface area (Å²) in [5, 5.41) is 7.77. The number of benzene rings is 4. The normalized spacial score (nSPS) is 23.3. The summed E-state index contributed by atoms with van der Waals surface area (Å²) >= 11 is 0. The first-order chi connectivity index (χ1) is 11.9. The van der Waals surface area contributed by atoms with Crippen LogP contribution in [0, 0.1) is 0 Å². The van der Waals surface area contributed by atoms with E-state index in [2.05, 4.69) is 75.4 Å². The van der Waals surface area contributed by atoms with Crippen molar-refractivity contribution in [2.75, 3.05) is 0 Å². The van der Waals surface area contributed by atoms with E-state index >= 15 is 0 Å². The van der Waals surface area contributed by atoms with Crippen LogP contribution in [0.3, 0.4) is 0 Å². The van der Waals surface area contributed by atoms with Gasteiger partial charge in [-0.2, -0.15) is 0 Å². The molecular weight excluding hydrogens is 307 g/mol. The zero-order valence-electron chi connectivity index (χ0n) is 15.1. The minimum Gasteiger partial charge on any atom is -0.403 e. The molecule has 1 fully saturated rings. The summed E-state index contributed by atoms with van der Waals surface area (Å²) in [6, 6.07) is 19.8. The first kappa shape index (κ1) is 15.2. The van der Waals surface area contributed by atoms with Crippen LogP contribution < -0.4 is 0 Å². The van der Waals surface area contributed by atoms with Gasteiger partial charge in [-0.15, -0.1) is 0 Å². The van der Waals surface area contributed by atoms with Crippen LogP contribution in [0.5, 0.6) is 0 Å². The van der Waals surface area contributed by atoms with Crippen LogP contribution in [-0.4, -0.2) is 12.7 Å². The highest BCUT2D eigenvalue weighted by molar-refractivity contribution is 6.43. The summed E-state index contributed by atoms with van der Waals surface area (Å²) in [5.41, 5.74) is 0.317. The maximum atomic E-state index is 6.32. The van der Waals surface area contributed by atoms with Gasteiger partial charge < -0.3 is 9.31 Å². The summed E-state index contributed by atoms with van der Waals surface area (Å²) in [4.78, 5) is 0. The molecular formula is C22H21BO2. The van der Waals surface area contributed by atoms with Crippen LogP contribution in [0.15, 0.2) is 54.6 Å². The Kier molecular flexibility index (Phi) is 2.88. The van der Waals surface area contributed by atoms with Crippen molar-refractivity contribution in [3.8, 4) is 0 Å². The Hall–Kier alpha value is -2.10. The van der Waals surface area contributed by atoms with Gasteiger partial charge in [0.1, 0.15) is 5.60 Å². The van der Waals surface area contributed by atoms with Crippen molar-refractivity contribution in [1.82, 2.24) is 0 Å².